The zero-order valence-electron chi connectivity index (χ0n) is 16.5. The highest BCUT2D eigenvalue weighted by molar-refractivity contribution is 5.96. The van der Waals surface area contributed by atoms with Crippen LogP contribution in [0.15, 0.2) is 29.0 Å². The van der Waals surface area contributed by atoms with Gasteiger partial charge in [-0.15, -0.1) is 0 Å². The van der Waals surface area contributed by atoms with Gasteiger partial charge < -0.3 is 9.94 Å². The molecule has 1 heterocycles. The van der Waals surface area contributed by atoms with Crippen molar-refractivity contribution >= 4 is 11.7 Å². The maximum Gasteiger partial charge on any atom is 0.331 e. The third-order valence-corrected chi connectivity index (χ3v) is 10.3. The summed E-state index contributed by atoms with van der Waals surface area (Å²) in [4.78, 5) is 12.2. The minimum Gasteiger partial charge on any atom is -0.451 e. The summed E-state index contributed by atoms with van der Waals surface area (Å²) < 4.78 is 6.19. The van der Waals surface area contributed by atoms with Crippen molar-refractivity contribution in [1.82, 2.24) is 0 Å². The Morgan fingerprint density at radius 3 is 2.86 bits per heavy atom. The first-order valence-electron chi connectivity index (χ1n) is 11.5. The Morgan fingerprint density at radius 2 is 2.11 bits per heavy atom. The number of hydrogen-bond acceptors (Lipinski definition) is 4. The van der Waals surface area contributed by atoms with E-state index in [1.54, 1.807) is 11.6 Å². The summed E-state index contributed by atoms with van der Waals surface area (Å²) in [6.45, 7) is 2.35. The maximum atomic E-state index is 12.2. The van der Waals surface area contributed by atoms with E-state index in [0.29, 0.717) is 11.8 Å². The van der Waals surface area contributed by atoms with E-state index in [-0.39, 0.29) is 17.0 Å². The van der Waals surface area contributed by atoms with E-state index in [0.717, 1.165) is 60.5 Å². The lowest BCUT2D eigenvalue weighted by Gasteiger charge is -2.58. The van der Waals surface area contributed by atoms with E-state index in [4.69, 9.17) is 4.74 Å². The van der Waals surface area contributed by atoms with E-state index in [9.17, 15) is 10.0 Å². The lowest BCUT2D eigenvalue weighted by molar-refractivity contribution is -0.172. The molecule has 0 aromatic carbocycles. The molecule has 148 valence electrons. The van der Waals surface area contributed by atoms with Crippen LogP contribution in [0.4, 0.5) is 0 Å². The second-order valence-electron chi connectivity index (χ2n) is 10.8. The zero-order valence-corrected chi connectivity index (χ0v) is 16.5. The molecule has 6 aliphatic carbocycles. The van der Waals surface area contributed by atoms with Crippen molar-refractivity contribution in [3.05, 3.63) is 23.8 Å². The summed E-state index contributed by atoms with van der Waals surface area (Å²) >= 11 is 0. The van der Waals surface area contributed by atoms with Gasteiger partial charge in [0, 0.05) is 17.4 Å². The van der Waals surface area contributed by atoms with Gasteiger partial charge in [-0.05, 0) is 98.5 Å². The molecule has 7 unspecified atom stereocenters. The molecule has 0 bridgehead atoms. The van der Waals surface area contributed by atoms with Gasteiger partial charge in [-0.25, -0.2) is 4.79 Å². The average Bonchev–Trinajstić information content (AvgIpc) is 3.63. The Hall–Kier alpha value is -1.58. The Balaban J connectivity index is 1.31. The number of hydrogen-bond donors (Lipinski definition) is 1. The number of ether oxygens (including phenoxy) is 1. The molecular weight excluding hydrogens is 350 g/mol. The Labute approximate surface area is 166 Å². The first-order chi connectivity index (χ1) is 13.6. The number of carbonyl (C=O) groups is 1. The van der Waals surface area contributed by atoms with E-state index in [1.165, 1.54) is 25.7 Å². The van der Waals surface area contributed by atoms with Gasteiger partial charge in [0.25, 0.3) is 0 Å². The topological polar surface area (TPSA) is 58.9 Å². The van der Waals surface area contributed by atoms with Crippen molar-refractivity contribution in [2.75, 3.05) is 0 Å². The van der Waals surface area contributed by atoms with E-state index >= 15 is 0 Å². The minimum atomic E-state index is -0.289. The molecule has 1 aliphatic heterocycles. The Kier molecular flexibility index (Phi) is 2.86. The first kappa shape index (κ1) is 16.2. The quantitative estimate of drug-likeness (QED) is 0.419. The highest BCUT2D eigenvalue weighted by Gasteiger charge is 2.80. The molecule has 5 fully saturated rings. The second kappa shape index (κ2) is 4.94. The molecule has 0 aromatic heterocycles. The van der Waals surface area contributed by atoms with Gasteiger partial charge in [-0.3, -0.25) is 0 Å². The fourth-order valence-corrected chi connectivity index (χ4v) is 9.47. The highest BCUT2D eigenvalue weighted by Crippen LogP contribution is 2.81. The molecule has 28 heavy (non-hydrogen) atoms. The lowest BCUT2D eigenvalue weighted by Crippen LogP contribution is -2.56. The van der Waals surface area contributed by atoms with Crippen LogP contribution in [0.5, 0.6) is 0 Å². The molecule has 10 atom stereocenters. The summed E-state index contributed by atoms with van der Waals surface area (Å²) in [6, 6.07) is 0. The van der Waals surface area contributed by atoms with Gasteiger partial charge in [0.05, 0.1) is 5.71 Å². The molecule has 0 amide bonds. The number of nitrogens with zero attached hydrogens (tertiary/aromatic N) is 1. The van der Waals surface area contributed by atoms with Gasteiger partial charge in [0.15, 0.2) is 0 Å². The van der Waals surface area contributed by atoms with Crippen molar-refractivity contribution in [1.29, 1.82) is 0 Å². The van der Waals surface area contributed by atoms with Crippen LogP contribution in [0.25, 0.3) is 0 Å². The van der Waals surface area contributed by atoms with Crippen LogP contribution in [0, 0.1) is 52.8 Å². The summed E-state index contributed by atoms with van der Waals surface area (Å²) in [7, 11) is 0. The zero-order chi connectivity index (χ0) is 18.8. The summed E-state index contributed by atoms with van der Waals surface area (Å²) in [5, 5.41) is 12.8. The standard InChI is InChI=1S/C24H29NO3/c1-2-23-7-5-14-13-4-3-12(25-27)9-15(13)16-10-17(16)21(14)22(23)18-11-19(18)24(23)8-6-20(26)28-24/h6,8-9,13-14,16-19,21-22,27H,2-5,7,10-11H2,1H3/b25-12+/t13-,14?,16?,17?,18?,19?,21?,22?,23+,24+/m1/s1. The van der Waals surface area contributed by atoms with E-state index < -0.39 is 0 Å². The molecule has 5 saturated carbocycles. The number of esters is 1. The molecule has 0 radical (unpaired) electrons. The van der Waals surface area contributed by atoms with Crippen molar-refractivity contribution < 1.29 is 14.7 Å². The Morgan fingerprint density at radius 1 is 1.21 bits per heavy atom. The predicted molar refractivity (Wildman–Crippen MR) is 104 cm³/mol. The molecule has 1 spiro atoms. The van der Waals surface area contributed by atoms with Crippen LogP contribution >= 0.6 is 0 Å². The third kappa shape index (κ3) is 1.64. The molecule has 0 saturated heterocycles. The van der Waals surface area contributed by atoms with Gasteiger partial charge in [0.2, 0.25) is 0 Å². The van der Waals surface area contributed by atoms with Crippen LogP contribution in [0.1, 0.15) is 51.9 Å². The predicted octanol–water partition coefficient (Wildman–Crippen LogP) is 4.34. The molecular formula is C24H29NO3. The molecule has 4 heteroatoms. The fourth-order valence-electron chi connectivity index (χ4n) is 9.47. The smallest absolute Gasteiger partial charge is 0.331 e. The van der Waals surface area contributed by atoms with Gasteiger partial charge in [0.1, 0.15) is 5.60 Å². The average molecular weight is 380 g/mol. The lowest BCUT2D eigenvalue weighted by atomic mass is 9.48. The molecule has 1 N–H and O–H groups in total. The van der Waals surface area contributed by atoms with Crippen molar-refractivity contribution in [3.63, 3.8) is 0 Å². The molecule has 4 nitrogen and oxygen atoms in total. The normalized spacial score (nSPS) is 58.4. The van der Waals surface area contributed by atoms with Crippen molar-refractivity contribution in [2.24, 2.45) is 57.9 Å². The SMILES string of the molecule is CC[C@]12CCC3C(C4CC4C4=C/C(=N/O)CC[C@@H]43)C1C1CC1[C@@]21C=CC(=O)O1. The van der Waals surface area contributed by atoms with Crippen LogP contribution in [-0.2, 0) is 9.53 Å². The summed E-state index contributed by atoms with van der Waals surface area (Å²) in [6.07, 6.45) is 14.5. The van der Waals surface area contributed by atoms with E-state index in [2.05, 4.69) is 24.2 Å². The Bertz CT molecular complexity index is 873. The van der Waals surface area contributed by atoms with Crippen molar-refractivity contribution in [2.45, 2.75) is 57.5 Å². The van der Waals surface area contributed by atoms with Gasteiger partial charge in [-0.2, -0.15) is 0 Å². The van der Waals surface area contributed by atoms with Crippen LogP contribution in [0.3, 0.4) is 0 Å². The third-order valence-electron chi connectivity index (χ3n) is 10.3. The monoisotopic (exact) mass is 379 g/mol. The number of allylic oxidation sites excluding steroid dienone is 2. The fraction of sp³-hybridized carbons (Fsp3) is 0.750. The van der Waals surface area contributed by atoms with Gasteiger partial charge in [-0.1, -0.05) is 17.7 Å². The van der Waals surface area contributed by atoms with E-state index in [1.807, 2.05) is 0 Å². The van der Waals surface area contributed by atoms with Crippen LogP contribution < -0.4 is 0 Å². The molecule has 7 rings (SSSR count). The minimum absolute atomic E-state index is 0.109. The summed E-state index contributed by atoms with van der Waals surface area (Å²) in [5.74, 6) is 5.83. The number of carbonyl (C=O) groups excluding carboxylic acids is 1. The van der Waals surface area contributed by atoms with Gasteiger partial charge >= 0.3 is 5.97 Å². The highest BCUT2D eigenvalue weighted by atomic mass is 16.6. The van der Waals surface area contributed by atoms with Crippen molar-refractivity contribution in [3.8, 4) is 0 Å². The molecule has 7 aliphatic rings. The summed E-state index contributed by atoms with van der Waals surface area (Å²) in [5.41, 5.74) is 2.38. The largest absolute Gasteiger partial charge is 0.451 e. The van der Waals surface area contributed by atoms with Crippen LogP contribution in [0.2, 0.25) is 0 Å². The number of oxime groups is 1. The van der Waals surface area contributed by atoms with Crippen LogP contribution in [-0.4, -0.2) is 22.5 Å². The molecule has 0 aromatic rings. The first-order valence-corrected chi connectivity index (χ1v) is 11.5. The second-order valence-corrected chi connectivity index (χ2v) is 10.8. The number of rotatable bonds is 1. The number of fused-ring (bicyclic) bond motifs is 12. The maximum absolute atomic E-state index is 12.2.